The molecule has 0 aliphatic heterocycles. The highest BCUT2D eigenvalue weighted by Crippen LogP contribution is 2.34. The summed E-state index contributed by atoms with van der Waals surface area (Å²) >= 11 is 1.13. The molecule has 1 heterocycles. The van der Waals surface area contributed by atoms with Gasteiger partial charge in [-0.2, -0.15) is 0 Å². The summed E-state index contributed by atoms with van der Waals surface area (Å²) in [4.78, 5) is 24.0. The lowest BCUT2D eigenvalue weighted by Gasteiger charge is -2.28. The minimum atomic E-state index is -0.496. The van der Waals surface area contributed by atoms with Gasteiger partial charge in [0.1, 0.15) is 6.33 Å². The SMILES string of the molecule is Cl.Cn1cnnc1Sc1ccc(C(=O)NC2(CN)CCCC2)cc1[N+](=O)[O-]. The normalized spacial score (nSPS) is 15.2. The Hall–Kier alpha value is -2.17. The molecule has 1 aliphatic rings. The van der Waals surface area contributed by atoms with Crippen molar-refractivity contribution in [2.24, 2.45) is 12.8 Å². The van der Waals surface area contributed by atoms with Crippen molar-refractivity contribution in [1.82, 2.24) is 20.1 Å². The lowest BCUT2D eigenvalue weighted by molar-refractivity contribution is -0.387. The van der Waals surface area contributed by atoms with E-state index in [9.17, 15) is 14.9 Å². The Morgan fingerprint density at radius 3 is 2.70 bits per heavy atom. The molecule has 0 radical (unpaired) electrons. The summed E-state index contributed by atoms with van der Waals surface area (Å²) in [6.45, 7) is 0.362. The molecule has 0 saturated heterocycles. The molecule has 1 fully saturated rings. The molecule has 0 bridgehead atoms. The van der Waals surface area contributed by atoms with Crippen LogP contribution in [0.3, 0.4) is 0 Å². The lowest BCUT2D eigenvalue weighted by atomic mass is 9.97. The second-order valence-corrected chi connectivity index (χ2v) is 7.42. The first-order chi connectivity index (χ1) is 12.4. The number of carbonyl (C=O) groups is 1. The van der Waals surface area contributed by atoms with Crippen molar-refractivity contribution in [3.63, 3.8) is 0 Å². The predicted octanol–water partition coefficient (Wildman–Crippen LogP) is 2.30. The van der Waals surface area contributed by atoms with Crippen LogP contribution < -0.4 is 11.1 Å². The Balaban J connectivity index is 0.00000261. The maximum Gasteiger partial charge on any atom is 0.284 e. The number of nitro groups is 1. The summed E-state index contributed by atoms with van der Waals surface area (Å²) in [6, 6.07) is 4.45. The van der Waals surface area contributed by atoms with Crippen molar-refractivity contribution >= 4 is 35.8 Å². The zero-order chi connectivity index (χ0) is 18.7. The zero-order valence-electron chi connectivity index (χ0n) is 14.8. The molecule has 2 aromatic rings. The van der Waals surface area contributed by atoms with Gasteiger partial charge in [0.2, 0.25) is 0 Å². The molecule has 1 aromatic carbocycles. The van der Waals surface area contributed by atoms with Crippen molar-refractivity contribution in [2.45, 2.75) is 41.3 Å². The average molecular weight is 413 g/mol. The molecular formula is C16H21ClN6O3S. The highest BCUT2D eigenvalue weighted by atomic mass is 35.5. The smallest absolute Gasteiger partial charge is 0.284 e. The zero-order valence-corrected chi connectivity index (χ0v) is 16.4. The lowest BCUT2D eigenvalue weighted by Crippen LogP contribution is -2.51. The summed E-state index contributed by atoms with van der Waals surface area (Å²) in [7, 11) is 1.75. The van der Waals surface area contributed by atoms with Gasteiger partial charge < -0.3 is 15.6 Å². The van der Waals surface area contributed by atoms with Crippen LogP contribution in [0.25, 0.3) is 0 Å². The quantitative estimate of drug-likeness (QED) is 0.550. The van der Waals surface area contributed by atoms with Gasteiger partial charge in [-0.1, -0.05) is 12.8 Å². The first-order valence-corrected chi connectivity index (χ1v) is 9.09. The molecule has 1 aliphatic carbocycles. The van der Waals surface area contributed by atoms with E-state index in [1.54, 1.807) is 23.7 Å². The number of amides is 1. The van der Waals surface area contributed by atoms with Crippen LogP contribution in [-0.4, -0.2) is 37.7 Å². The summed E-state index contributed by atoms with van der Waals surface area (Å²) in [5.41, 5.74) is 5.55. The van der Waals surface area contributed by atoms with Gasteiger partial charge in [0, 0.05) is 25.2 Å². The van der Waals surface area contributed by atoms with Crippen molar-refractivity contribution in [3.8, 4) is 0 Å². The number of benzene rings is 1. The average Bonchev–Trinajstić information content (AvgIpc) is 3.25. The van der Waals surface area contributed by atoms with Gasteiger partial charge in [-0.15, -0.1) is 22.6 Å². The molecule has 9 nitrogen and oxygen atoms in total. The summed E-state index contributed by atoms with van der Waals surface area (Å²) < 4.78 is 1.67. The van der Waals surface area contributed by atoms with E-state index in [0.29, 0.717) is 16.6 Å². The number of nitrogens with zero attached hydrogens (tertiary/aromatic N) is 4. The third-order valence-corrected chi connectivity index (χ3v) is 5.74. The molecule has 0 spiro atoms. The predicted molar refractivity (Wildman–Crippen MR) is 103 cm³/mol. The molecule has 11 heteroatoms. The van der Waals surface area contributed by atoms with Gasteiger partial charge in [-0.25, -0.2) is 0 Å². The summed E-state index contributed by atoms with van der Waals surface area (Å²) in [6.07, 6.45) is 5.22. The Kier molecular flexibility index (Phi) is 6.79. The highest BCUT2D eigenvalue weighted by molar-refractivity contribution is 7.99. The topological polar surface area (TPSA) is 129 Å². The minimum absolute atomic E-state index is 0. The van der Waals surface area contributed by atoms with Gasteiger partial charge in [0.25, 0.3) is 11.6 Å². The van der Waals surface area contributed by atoms with Crippen LogP contribution >= 0.6 is 24.2 Å². The van der Waals surface area contributed by atoms with Gasteiger partial charge in [0.15, 0.2) is 5.16 Å². The maximum atomic E-state index is 12.6. The number of rotatable bonds is 6. The third-order valence-electron chi connectivity index (χ3n) is 4.62. The van der Waals surface area contributed by atoms with Crippen LogP contribution in [0.4, 0.5) is 5.69 Å². The van der Waals surface area contributed by atoms with Crippen LogP contribution in [0.1, 0.15) is 36.0 Å². The van der Waals surface area contributed by atoms with Crippen LogP contribution in [0.15, 0.2) is 34.6 Å². The molecule has 3 N–H and O–H groups in total. The van der Waals surface area contributed by atoms with E-state index in [1.165, 1.54) is 12.4 Å². The van der Waals surface area contributed by atoms with E-state index in [1.807, 2.05) is 0 Å². The number of hydrogen-bond acceptors (Lipinski definition) is 7. The van der Waals surface area contributed by atoms with Crippen LogP contribution in [0, 0.1) is 10.1 Å². The molecule has 1 amide bonds. The summed E-state index contributed by atoms with van der Waals surface area (Å²) in [5.74, 6) is -0.337. The van der Waals surface area contributed by atoms with E-state index < -0.39 is 10.5 Å². The van der Waals surface area contributed by atoms with Crippen molar-refractivity contribution in [2.75, 3.05) is 6.54 Å². The number of hydrogen-bond donors (Lipinski definition) is 2. The number of halogens is 1. The van der Waals surface area contributed by atoms with E-state index in [-0.39, 0.29) is 29.6 Å². The molecule has 1 aromatic heterocycles. The fourth-order valence-electron chi connectivity index (χ4n) is 3.10. The number of aromatic nitrogens is 3. The van der Waals surface area contributed by atoms with E-state index in [4.69, 9.17) is 5.73 Å². The second kappa shape index (κ2) is 8.68. The largest absolute Gasteiger partial charge is 0.345 e. The molecule has 27 heavy (non-hydrogen) atoms. The number of carbonyl (C=O) groups excluding carboxylic acids is 1. The maximum absolute atomic E-state index is 12.6. The monoisotopic (exact) mass is 412 g/mol. The fourth-order valence-corrected chi connectivity index (χ4v) is 3.95. The molecule has 1 saturated carbocycles. The molecular weight excluding hydrogens is 392 g/mol. The van der Waals surface area contributed by atoms with Crippen molar-refractivity contribution in [1.29, 1.82) is 0 Å². The number of nitrogens with two attached hydrogens (primary N) is 1. The molecule has 0 unspecified atom stereocenters. The van der Waals surface area contributed by atoms with Crippen molar-refractivity contribution < 1.29 is 9.72 Å². The van der Waals surface area contributed by atoms with Gasteiger partial charge in [-0.05, 0) is 36.7 Å². The minimum Gasteiger partial charge on any atom is -0.345 e. The number of nitro benzene ring substituents is 1. The van der Waals surface area contributed by atoms with Crippen LogP contribution in [0.2, 0.25) is 0 Å². The first-order valence-electron chi connectivity index (χ1n) is 8.27. The summed E-state index contributed by atoms with van der Waals surface area (Å²) in [5, 5.41) is 22.7. The van der Waals surface area contributed by atoms with E-state index in [2.05, 4.69) is 15.5 Å². The Bertz CT molecular complexity index is 837. The Labute approximate surface area is 166 Å². The Morgan fingerprint density at radius 1 is 1.44 bits per heavy atom. The standard InChI is InChI=1S/C16H20N6O3S.ClH/c1-21-10-18-20-15(21)26-13-5-4-11(8-12(13)22(24)25)14(23)19-16(9-17)6-2-3-7-16;/h4-5,8,10H,2-3,6-7,9,17H2,1H3,(H,19,23);1H. The molecule has 3 rings (SSSR count). The van der Waals surface area contributed by atoms with Gasteiger partial charge >= 0.3 is 0 Å². The second-order valence-electron chi connectivity index (χ2n) is 6.41. The van der Waals surface area contributed by atoms with Crippen molar-refractivity contribution in [3.05, 3.63) is 40.2 Å². The van der Waals surface area contributed by atoms with Gasteiger partial charge in [0.05, 0.1) is 15.4 Å². The fraction of sp³-hybridized carbons (Fsp3) is 0.438. The number of aryl methyl sites for hydroxylation is 1. The molecule has 146 valence electrons. The Morgan fingerprint density at radius 2 is 2.15 bits per heavy atom. The molecule has 0 atom stereocenters. The number of nitrogens with one attached hydrogen (secondary N) is 1. The highest BCUT2D eigenvalue weighted by Gasteiger charge is 2.34. The third kappa shape index (κ3) is 4.57. The first kappa shape index (κ1) is 21.1. The van der Waals surface area contributed by atoms with Gasteiger partial charge in [-0.3, -0.25) is 14.9 Å². The van der Waals surface area contributed by atoms with Crippen LogP contribution in [0.5, 0.6) is 0 Å². The van der Waals surface area contributed by atoms with E-state index >= 15 is 0 Å². The van der Waals surface area contributed by atoms with Crippen LogP contribution in [-0.2, 0) is 7.05 Å². The van der Waals surface area contributed by atoms with E-state index in [0.717, 1.165) is 37.4 Å².